The number of benzene rings is 1. The number of ether oxygens (including phenoxy) is 1. The molecule has 0 aliphatic carbocycles. The number of aromatic nitrogens is 1. The molecule has 2 saturated heterocycles. The van der Waals surface area contributed by atoms with Crippen molar-refractivity contribution >= 4 is 22.8 Å². The van der Waals surface area contributed by atoms with Gasteiger partial charge in [-0.1, -0.05) is 17.3 Å². The predicted molar refractivity (Wildman–Crippen MR) is 67.7 cm³/mol. The number of morpholine rings is 1. The van der Waals surface area contributed by atoms with Crippen LogP contribution in [0.4, 0.5) is 0 Å². The molecule has 4 rings (SSSR count). The smallest absolute Gasteiger partial charge is 0.329 e. The molecule has 0 radical (unpaired) electrons. The van der Waals surface area contributed by atoms with Crippen molar-refractivity contribution in [2.24, 2.45) is 0 Å². The van der Waals surface area contributed by atoms with Gasteiger partial charge in [0.25, 0.3) is 0 Å². The van der Waals surface area contributed by atoms with Crippen LogP contribution < -0.4 is 0 Å². The summed E-state index contributed by atoms with van der Waals surface area (Å²) in [5, 5.41) is 4.79. The highest BCUT2D eigenvalue weighted by atomic mass is 16.6. The number of nitrogens with zero attached hydrogens (tertiary/aromatic N) is 2. The number of para-hydroxylation sites is 1. The van der Waals surface area contributed by atoms with Crippen LogP contribution in [-0.2, 0) is 20.7 Å². The van der Waals surface area contributed by atoms with Crippen LogP contribution in [0, 0.1) is 0 Å². The summed E-state index contributed by atoms with van der Waals surface area (Å²) in [6.45, 7) is 0.491. The van der Waals surface area contributed by atoms with E-state index in [1.165, 1.54) is 0 Å². The minimum atomic E-state index is -0.411. The maximum Gasteiger partial charge on any atom is 0.329 e. The largest absolute Gasteiger partial charge is 0.459 e. The van der Waals surface area contributed by atoms with Gasteiger partial charge in [0.2, 0.25) is 5.91 Å². The van der Waals surface area contributed by atoms with Crippen molar-refractivity contribution in [2.75, 3.05) is 6.54 Å². The van der Waals surface area contributed by atoms with E-state index >= 15 is 0 Å². The van der Waals surface area contributed by atoms with Gasteiger partial charge >= 0.3 is 5.97 Å². The molecule has 2 aromatic rings. The summed E-state index contributed by atoms with van der Waals surface area (Å²) in [5.41, 5.74) is 1.28. The molecule has 2 fully saturated rings. The number of rotatable bonds is 2. The van der Waals surface area contributed by atoms with E-state index in [0.29, 0.717) is 24.2 Å². The first kappa shape index (κ1) is 11.5. The highest BCUT2D eigenvalue weighted by Crippen LogP contribution is 2.30. The van der Waals surface area contributed by atoms with Crippen LogP contribution in [0.3, 0.4) is 0 Å². The van der Waals surface area contributed by atoms with Crippen molar-refractivity contribution in [3.8, 4) is 0 Å². The fraction of sp³-hybridized carbons (Fsp3) is 0.357. The van der Waals surface area contributed by atoms with Gasteiger partial charge in [0.05, 0.1) is 13.0 Å². The number of likely N-dealkylation sites (tertiary alicyclic amines) is 1. The Kier molecular flexibility index (Phi) is 2.33. The second-order valence-corrected chi connectivity index (χ2v) is 5.16. The van der Waals surface area contributed by atoms with Gasteiger partial charge in [-0.25, -0.2) is 4.79 Å². The van der Waals surface area contributed by atoms with Crippen LogP contribution in [0.25, 0.3) is 11.0 Å². The van der Waals surface area contributed by atoms with Gasteiger partial charge in [-0.3, -0.25) is 4.79 Å². The SMILES string of the molecule is O=C1O[C@@H]2C[C@H]1N(C(=O)Cc1noc3ccccc13)C2. The molecule has 6 nitrogen and oxygen atoms in total. The number of carbonyl (C=O) groups excluding carboxylic acids is 2. The molecule has 0 saturated carbocycles. The zero-order valence-electron chi connectivity index (χ0n) is 10.6. The minimum absolute atomic E-state index is 0.104. The van der Waals surface area contributed by atoms with Gasteiger partial charge in [-0.2, -0.15) is 0 Å². The third kappa shape index (κ3) is 1.61. The third-order valence-electron chi connectivity index (χ3n) is 3.91. The van der Waals surface area contributed by atoms with Crippen LogP contribution in [0.2, 0.25) is 0 Å². The average molecular weight is 272 g/mol. The zero-order chi connectivity index (χ0) is 13.7. The first-order valence-corrected chi connectivity index (χ1v) is 6.55. The Morgan fingerprint density at radius 2 is 2.25 bits per heavy atom. The van der Waals surface area contributed by atoms with Crippen LogP contribution in [0.1, 0.15) is 12.1 Å². The van der Waals surface area contributed by atoms with Crippen molar-refractivity contribution in [1.29, 1.82) is 0 Å². The molecular formula is C14H12N2O4. The van der Waals surface area contributed by atoms with Crippen molar-refractivity contribution in [2.45, 2.75) is 25.0 Å². The quantitative estimate of drug-likeness (QED) is 0.759. The lowest BCUT2D eigenvalue weighted by molar-refractivity contribution is -0.156. The molecule has 1 aromatic heterocycles. The lowest BCUT2D eigenvalue weighted by Gasteiger charge is -2.25. The summed E-state index contributed by atoms with van der Waals surface area (Å²) in [6, 6.07) is 7.01. The van der Waals surface area contributed by atoms with E-state index in [1.54, 1.807) is 4.90 Å². The van der Waals surface area contributed by atoms with Gasteiger partial charge in [0.15, 0.2) is 5.58 Å². The molecule has 2 aliphatic rings. The topological polar surface area (TPSA) is 72.6 Å². The number of hydrogen-bond donors (Lipinski definition) is 0. The normalized spacial score (nSPS) is 24.4. The lowest BCUT2D eigenvalue weighted by Crippen LogP contribution is -2.45. The molecule has 2 atom stereocenters. The summed E-state index contributed by atoms with van der Waals surface area (Å²) >= 11 is 0. The van der Waals surface area contributed by atoms with E-state index in [1.807, 2.05) is 24.3 Å². The highest BCUT2D eigenvalue weighted by molar-refractivity contribution is 5.90. The molecule has 20 heavy (non-hydrogen) atoms. The Bertz CT molecular complexity index is 708. The number of esters is 1. The Hall–Kier alpha value is -2.37. The second kappa shape index (κ2) is 4.06. The van der Waals surface area contributed by atoms with E-state index in [4.69, 9.17) is 9.26 Å². The molecule has 0 spiro atoms. The molecule has 2 bridgehead atoms. The fourth-order valence-corrected chi connectivity index (χ4v) is 2.94. The first-order chi connectivity index (χ1) is 9.72. The second-order valence-electron chi connectivity index (χ2n) is 5.16. The van der Waals surface area contributed by atoms with Crippen molar-refractivity contribution < 1.29 is 18.8 Å². The third-order valence-corrected chi connectivity index (χ3v) is 3.91. The Morgan fingerprint density at radius 3 is 3.05 bits per heavy atom. The van der Waals surface area contributed by atoms with Crippen molar-refractivity contribution in [3.63, 3.8) is 0 Å². The summed E-state index contributed by atoms with van der Waals surface area (Å²) in [7, 11) is 0. The molecule has 1 amide bonds. The number of hydrogen-bond acceptors (Lipinski definition) is 5. The first-order valence-electron chi connectivity index (χ1n) is 6.55. The maximum atomic E-state index is 12.3. The monoisotopic (exact) mass is 272 g/mol. The van der Waals surface area contributed by atoms with Gasteiger partial charge in [0, 0.05) is 11.8 Å². The van der Waals surface area contributed by atoms with Gasteiger partial charge in [0.1, 0.15) is 17.8 Å². The van der Waals surface area contributed by atoms with Crippen LogP contribution >= 0.6 is 0 Å². The summed E-state index contributed by atoms with van der Waals surface area (Å²) < 4.78 is 10.3. The van der Waals surface area contributed by atoms with Gasteiger partial charge in [-0.05, 0) is 12.1 Å². The number of amides is 1. The maximum absolute atomic E-state index is 12.3. The van der Waals surface area contributed by atoms with Crippen LogP contribution in [0.5, 0.6) is 0 Å². The average Bonchev–Trinajstić information content (AvgIpc) is 3.12. The summed E-state index contributed by atoms with van der Waals surface area (Å²) in [5.74, 6) is -0.396. The van der Waals surface area contributed by atoms with Crippen molar-refractivity contribution in [1.82, 2.24) is 10.1 Å². The van der Waals surface area contributed by atoms with E-state index in [2.05, 4.69) is 5.16 Å². The molecule has 0 N–H and O–H groups in total. The van der Waals surface area contributed by atoms with Gasteiger partial charge < -0.3 is 14.2 Å². The van der Waals surface area contributed by atoms with Crippen LogP contribution in [0.15, 0.2) is 28.8 Å². The standard InChI is InChI=1S/C14H12N2O4/c17-13(16-7-8-5-11(16)14(18)19-8)6-10-9-3-1-2-4-12(9)20-15-10/h1-4,8,11H,5-7H2/t8-,11-/m1/s1. The molecule has 1 aromatic carbocycles. The zero-order valence-corrected chi connectivity index (χ0v) is 10.6. The lowest BCUT2D eigenvalue weighted by atomic mass is 10.1. The summed E-state index contributed by atoms with van der Waals surface area (Å²) in [4.78, 5) is 25.4. The predicted octanol–water partition coefficient (Wildman–Crippen LogP) is 0.897. The Morgan fingerprint density at radius 1 is 1.40 bits per heavy atom. The van der Waals surface area contributed by atoms with E-state index in [0.717, 1.165) is 5.39 Å². The van der Waals surface area contributed by atoms with E-state index in [-0.39, 0.29) is 24.4 Å². The van der Waals surface area contributed by atoms with E-state index in [9.17, 15) is 9.59 Å². The molecule has 102 valence electrons. The van der Waals surface area contributed by atoms with Crippen molar-refractivity contribution in [3.05, 3.63) is 30.0 Å². The molecule has 2 aliphatic heterocycles. The molecule has 6 heteroatoms. The minimum Gasteiger partial charge on any atom is -0.459 e. The Balaban J connectivity index is 1.57. The van der Waals surface area contributed by atoms with Gasteiger partial charge in [-0.15, -0.1) is 0 Å². The fourth-order valence-electron chi connectivity index (χ4n) is 2.94. The summed E-state index contributed by atoms with van der Waals surface area (Å²) in [6.07, 6.45) is 0.628. The Labute approximate surface area is 114 Å². The van der Waals surface area contributed by atoms with E-state index < -0.39 is 6.04 Å². The highest BCUT2D eigenvalue weighted by Gasteiger charge is 2.48. The molecular weight excluding hydrogens is 260 g/mol. The molecule has 0 unspecified atom stereocenters. The number of fused-ring (bicyclic) bond motifs is 3. The number of carbonyl (C=O) groups is 2. The van der Waals surface area contributed by atoms with Crippen LogP contribution in [-0.4, -0.2) is 40.6 Å². The molecule has 3 heterocycles.